The number of carbonyl (C=O) groups is 4. The zero-order valence-corrected chi connectivity index (χ0v) is 15.9. The standard InChI is InChI=1S/C20H25N3O5/c1-12(2)8-9-14(20(27)28)21-17(24)11-16-19(26)22-15(18(25)23-16)10-13-6-4-3-5-7-13/h3-8,14-16H,9-11H2,1-2H3,(H,21,24)(H,22,26)(H,23,25)(H,27,28)/t14-,15-,16-/m0/s1. The summed E-state index contributed by atoms with van der Waals surface area (Å²) in [6.07, 6.45) is 1.88. The number of carboxylic acids is 1. The van der Waals surface area contributed by atoms with E-state index in [0.29, 0.717) is 6.42 Å². The third-order valence-corrected chi connectivity index (χ3v) is 4.33. The highest BCUT2D eigenvalue weighted by Gasteiger charge is 2.35. The van der Waals surface area contributed by atoms with Crippen LogP contribution < -0.4 is 16.0 Å². The van der Waals surface area contributed by atoms with Gasteiger partial charge >= 0.3 is 5.97 Å². The number of hydrogen-bond acceptors (Lipinski definition) is 4. The van der Waals surface area contributed by atoms with Crippen molar-refractivity contribution >= 4 is 23.7 Å². The van der Waals surface area contributed by atoms with Crippen molar-refractivity contribution in [3.63, 3.8) is 0 Å². The largest absolute Gasteiger partial charge is 0.480 e. The average Bonchev–Trinajstić information content (AvgIpc) is 2.63. The number of aliphatic carboxylic acids is 1. The molecule has 0 saturated carbocycles. The molecule has 1 aromatic carbocycles. The van der Waals surface area contributed by atoms with Crippen LogP contribution in [0.25, 0.3) is 0 Å². The number of nitrogens with one attached hydrogen (secondary N) is 3. The minimum absolute atomic E-state index is 0.145. The summed E-state index contributed by atoms with van der Waals surface area (Å²) in [5.74, 6) is -2.62. The van der Waals surface area contributed by atoms with Gasteiger partial charge in [-0.05, 0) is 25.8 Å². The lowest BCUT2D eigenvalue weighted by Crippen LogP contribution is -2.63. The summed E-state index contributed by atoms with van der Waals surface area (Å²) < 4.78 is 0. The lowest BCUT2D eigenvalue weighted by Gasteiger charge is -2.29. The molecule has 0 unspecified atom stereocenters. The molecule has 8 nitrogen and oxygen atoms in total. The first-order valence-electron chi connectivity index (χ1n) is 9.06. The molecular formula is C20H25N3O5. The Hall–Kier alpha value is -3.16. The molecule has 0 bridgehead atoms. The van der Waals surface area contributed by atoms with E-state index >= 15 is 0 Å². The minimum atomic E-state index is -1.16. The number of allylic oxidation sites excluding steroid dienone is 1. The first kappa shape index (κ1) is 21.1. The van der Waals surface area contributed by atoms with Crippen molar-refractivity contribution in [1.29, 1.82) is 0 Å². The predicted octanol–water partition coefficient (Wildman–Crippen LogP) is 0.528. The number of amides is 3. The smallest absolute Gasteiger partial charge is 0.326 e. The summed E-state index contributed by atoms with van der Waals surface area (Å²) in [6.45, 7) is 3.66. The van der Waals surface area contributed by atoms with Crippen molar-refractivity contribution in [3.05, 3.63) is 47.5 Å². The Morgan fingerprint density at radius 3 is 2.32 bits per heavy atom. The number of hydrogen-bond donors (Lipinski definition) is 4. The molecule has 1 aliphatic heterocycles. The van der Waals surface area contributed by atoms with E-state index in [-0.39, 0.29) is 18.7 Å². The average molecular weight is 387 g/mol. The van der Waals surface area contributed by atoms with Crippen molar-refractivity contribution in [2.24, 2.45) is 0 Å². The molecule has 2 rings (SSSR count). The maximum atomic E-state index is 12.3. The van der Waals surface area contributed by atoms with E-state index in [9.17, 15) is 24.3 Å². The molecule has 1 heterocycles. The van der Waals surface area contributed by atoms with E-state index in [1.165, 1.54) is 0 Å². The molecule has 1 aliphatic rings. The van der Waals surface area contributed by atoms with Gasteiger partial charge in [0.05, 0.1) is 6.42 Å². The van der Waals surface area contributed by atoms with Gasteiger partial charge < -0.3 is 21.1 Å². The van der Waals surface area contributed by atoms with Gasteiger partial charge in [0.2, 0.25) is 17.7 Å². The van der Waals surface area contributed by atoms with Gasteiger partial charge in [-0.1, -0.05) is 42.0 Å². The maximum Gasteiger partial charge on any atom is 0.326 e. The molecule has 0 aromatic heterocycles. The molecule has 3 amide bonds. The molecule has 8 heteroatoms. The monoisotopic (exact) mass is 387 g/mol. The molecular weight excluding hydrogens is 362 g/mol. The zero-order valence-electron chi connectivity index (χ0n) is 15.9. The van der Waals surface area contributed by atoms with E-state index in [2.05, 4.69) is 16.0 Å². The first-order valence-corrected chi connectivity index (χ1v) is 9.06. The normalized spacial score (nSPS) is 19.8. The summed E-state index contributed by atoms with van der Waals surface area (Å²) in [4.78, 5) is 48.0. The van der Waals surface area contributed by atoms with E-state index in [1.807, 2.05) is 44.2 Å². The molecule has 4 N–H and O–H groups in total. The molecule has 0 spiro atoms. The summed E-state index contributed by atoms with van der Waals surface area (Å²) >= 11 is 0. The predicted molar refractivity (Wildman–Crippen MR) is 102 cm³/mol. The van der Waals surface area contributed by atoms with Crippen LogP contribution >= 0.6 is 0 Å². The van der Waals surface area contributed by atoms with E-state index in [4.69, 9.17) is 0 Å². The molecule has 1 aromatic rings. The fourth-order valence-electron chi connectivity index (χ4n) is 2.83. The highest BCUT2D eigenvalue weighted by atomic mass is 16.4. The Labute approximate surface area is 163 Å². The van der Waals surface area contributed by atoms with Crippen molar-refractivity contribution in [2.75, 3.05) is 0 Å². The highest BCUT2D eigenvalue weighted by molar-refractivity contribution is 5.99. The van der Waals surface area contributed by atoms with Gasteiger partial charge in [-0.25, -0.2) is 4.79 Å². The van der Waals surface area contributed by atoms with Gasteiger partial charge in [0, 0.05) is 6.42 Å². The van der Waals surface area contributed by atoms with Gasteiger partial charge in [0.15, 0.2) is 0 Å². The van der Waals surface area contributed by atoms with Crippen LogP contribution in [-0.4, -0.2) is 46.9 Å². The van der Waals surface area contributed by atoms with E-state index in [0.717, 1.165) is 11.1 Å². The van der Waals surface area contributed by atoms with Crippen molar-refractivity contribution in [3.8, 4) is 0 Å². The summed E-state index contributed by atoms with van der Waals surface area (Å²) in [5, 5.41) is 16.8. The quantitative estimate of drug-likeness (QED) is 0.484. The van der Waals surface area contributed by atoms with Gasteiger partial charge in [-0.2, -0.15) is 0 Å². The fourth-order valence-corrected chi connectivity index (χ4v) is 2.83. The van der Waals surface area contributed by atoms with Crippen molar-refractivity contribution < 1.29 is 24.3 Å². The molecule has 1 fully saturated rings. The second-order valence-electron chi connectivity index (χ2n) is 6.99. The van der Waals surface area contributed by atoms with Crippen LogP contribution in [0.3, 0.4) is 0 Å². The number of piperazine rings is 1. The Balaban J connectivity index is 1.91. The summed E-state index contributed by atoms with van der Waals surface area (Å²) in [7, 11) is 0. The van der Waals surface area contributed by atoms with Crippen LogP contribution in [0.2, 0.25) is 0 Å². The Morgan fingerprint density at radius 1 is 1.11 bits per heavy atom. The van der Waals surface area contributed by atoms with E-state index < -0.39 is 35.9 Å². The number of benzene rings is 1. The number of carboxylic acid groups (broad SMARTS) is 1. The molecule has 3 atom stereocenters. The van der Waals surface area contributed by atoms with Gasteiger partial charge in [0.1, 0.15) is 18.1 Å². The topological polar surface area (TPSA) is 125 Å². The fraction of sp³-hybridized carbons (Fsp3) is 0.400. The van der Waals surface area contributed by atoms with Crippen molar-refractivity contribution in [1.82, 2.24) is 16.0 Å². The molecule has 1 saturated heterocycles. The van der Waals surface area contributed by atoms with Gasteiger partial charge in [-0.3, -0.25) is 14.4 Å². The number of rotatable bonds is 8. The maximum absolute atomic E-state index is 12.3. The molecule has 150 valence electrons. The third-order valence-electron chi connectivity index (χ3n) is 4.33. The van der Waals surface area contributed by atoms with Crippen LogP contribution in [-0.2, 0) is 25.6 Å². The third kappa shape index (κ3) is 6.22. The SMILES string of the molecule is CC(C)=CC[C@H](NC(=O)C[C@@H]1NC(=O)[C@H](Cc2ccccc2)NC1=O)C(=O)O. The number of carbonyl (C=O) groups excluding carboxylic acids is 3. The Bertz CT molecular complexity index is 771. The van der Waals surface area contributed by atoms with Crippen LogP contribution in [0.5, 0.6) is 0 Å². The van der Waals surface area contributed by atoms with Crippen LogP contribution in [0, 0.1) is 0 Å². The van der Waals surface area contributed by atoms with Gasteiger partial charge in [0.25, 0.3) is 0 Å². The van der Waals surface area contributed by atoms with Crippen molar-refractivity contribution in [2.45, 2.75) is 51.2 Å². The van der Waals surface area contributed by atoms with Gasteiger partial charge in [-0.15, -0.1) is 0 Å². The lowest BCUT2D eigenvalue weighted by molar-refractivity contribution is -0.142. The zero-order chi connectivity index (χ0) is 20.7. The highest BCUT2D eigenvalue weighted by Crippen LogP contribution is 2.09. The molecule has 0 radical (unpaired) electrons. The Morgan fingerprint density at radius 2 is 1.71 bits per heavy atom. The lowest BCUT2D eigenvalue weighted by atomic mass is 10.0. The first-order chi connectivity index (χ1) is 13.3. The molecule has 0 aliphatic carbocycles. The minimum Gasteiger partial charge on any atom is -0.480 e. The van der Waals surface area contributed by atoms with Crippen LogP contribution in [0.1, 0.15) is 32.3 Å². The van der Waals surface area contributed by atoms with Crippen LogP contribution in [0.4, 0.5) is 0 Å². The summed E-state index contributed by atoms with van der Waals surface area (Å²) in [6, 6.07) is 6.44. The molecule has 28 heavy (non-hydrogen) atoms. The second kappa shape index (κ2) is 9.68. The second-order valence-corrected chi connectivity index (χ2v) is 6.99. The Kier molecular flexibility index (Phi) is 7.31. The van der Waals surface area contributed by atoms with E-state index in [1.54, 1.807) is 6.08 Å². The van der Waals surface area contributed by atoms with Crippen LogP contribution in [0.15, 0.2) is 42.0 Å². The summed E-state index contributed by atoms with van der Waals surface area (Å²) in [5.41, 5.74) is 1.84.